The molecule has 0 aliphatic carbocycles. The number of anilines is 1. The molecular weight excluding hydrogens is 321 g/mol. The predicted octanol–water partition coefficient (Wildman–Crippen LogP) is 2.98. The number of carboxylic acid groups (broad SMARTS) is 1. The van der Waals surface area contributed by atoms with Crippen molar-refractivity contribution >= 4 is 33.3 Å². The number of halogens is 2. The van der Waals surface area contributed by atoms with Gasteiger partial charge in [-0.25, -0.2) is 17.6 Å². The number of rotatable bonds is 4. The molecule has 0 bridgehead atoms. The monoisotopic (exact) mass is 329 g/mol. The number of hydrogen-bond acceptors (Lipinski definition) is 3. The Hall–Kier alpha value is -2.12. The van der Waals surface area contributed by atoms with Gasteiger partial charge in [0.25, 0.3) is 10.0 Å². The summed E-state index contributed by atoms with van der Waals surface area (Å²) in [4.78, 5) is 10.6. The summed E-state index contributed by atoms with van der Waals surface area (Å²) in [7, 11) is -4.12. The van der Waals surface area contributed by atoms with Crippen molar-refractivity contribution in [2.45, 2.75) is 4.90 Å². The van der Waals surface area contributed by atoms with E-state index in [0.717, 1.165) is 18.2 Å². The van der Waals surface area contributed by atoms with Gasteiger partial charge in [-0.3, -0.25) is 4.72 Å². The van der Waals surface area contributed by atoms with Crippen molar-refractivity contribution in [1.29, 1.82) is 0 Å². The Balaban J connectivity index is 2.41. The van der Waals surface area contributed by atoms with E-state index < -0.39 is 21.8 Å². The van der Waals surface area contributed by atoms with Crippen LogP contribution in [-0.4, -0.2) is 19.5 Å². The quantitative estimate of drug-likeness (QED) is 0.903. The lowest BCUT2D eigenvalue weighted by Gasteiger charge is -2.09. The van der Waals surface area contributed by atoms with E-state index in [4.69, 9.17) is 16.7 Å². The fourth-order valence-corrected chi connectivity index (χ4v) is 2.85. The molecule has 0 aromatic heterocycles. The van der Waals surface area contributed by atoms with Gasteiger partial charge < -0.3 is 5.11 Å². The molecule has 8 heteroatoms. The van der Waals surface area contributed by atoms with Gasteiger partial charge in [0.2, 0.25) is 0 Å². The minimum atomic E-state index is -4.12. The molecule has 110 valence electrons. The fourth-order valence-electron chi connectivity index (χ4n) is 1.58. The fraction of sp³-hybridized carbons (Fsp3) is 0. The Morgan fingerprint density at radius 3 is 2.57 bits per heavy atom. The molecule has 21 heavy (non-hydrogen) atoms. The topological polar surface area (TPSA) is 83.5 Å². The molecule has 0 fully saturated rings. The predicted molar refractivity (Wildman–Crippen MR) is 75.6 cm³/mol. The van der Waals surface area contributed by atoms with Crippen molar-refractivity contribution < 1.29 is 22.7 Å². The van der Waals surface area contributed by atoms with Crippen molar-refractivity contribution in [2.24, 2.45) is 0 Å². The highest BCUT2D eigenvalue weighted by Crippen LogP contribution is 2.23. The van der Waals surface area contributed by atoms with Crippen LogP contribution in [0.1, 0.15) is 10.4 Å². The molecule has 0 amide bonds. The summed E-state index contributed by atoms with van der Waals surface area (Å²) in [5.74, 6) is -2.06. The first-order chi connectivity index (χ1) is 9.79. The van der Waals surface area contributed by atoms with Crippen LogP contribution in [-0.2, 0) is 10.0 Å². The second-order valence-electron chi connectivity index (χ2n) is 4.06. The Labute approximate surface area is 125 Å². The van der Waals surface area contributed by atoms with E-state index >= 15 is 0 Å². The zero-order valence-electron chi connectivity index (χ0n) is 10.4. The van der Waals surface area contributed by atoms with Crippen LogP contribution in [0.15, 0.2) is 47.4 Å². The van der Waals surface area contributed by atoms with E-state index in [1.165, 1.54) is 24.3 Å². The standard InChI is InChI=1S/C13H9ClFNO4S/c14-9-4-5-11(15)12(7-9)16-21(19,20)10-3-1-2-8(6-10)13(17)18/h1-7,16H,(H,17,18). The summed E-state index contributed by atoms with van der Waals surface area (Å²) >= 11 is 5.68. The van der Waals surface area contributed by atoms with E-state index in [1.807, 2.05) is 4.72 Å². The van der Waals surface area contributed by atoms with Gasteiger partial charge in [0.15, 0.2) is 0 Å². The largest absolute Gasteiger partial charge is 0.478 e. The number of aromatic carboxylic acids is 1. The average molecular weight is 330 g/mol. The normalized spacial score (nSPS) is 11.1. The Kier molecular flexibility index (Phi) is 4.15. The lowest BCUT2D eigenvalue weighted by Crippen LogP contribution is -2.14. The first kappa shape index (κ1) is 15.3. The third-order valence-electron chi connectivity index (χ3n) is 2.56. The van der Waals surface area contributed by atoms with Crippen molar-refractivity contribution in [1.82, 2.24) is 0 Å². The van der Waals surface area contributed by atoms with Gasteiger partial charge in [0, 0.05) is 5.02 Å². The molecule has 2 aromatic rings. The van der Waals surface area contributed by atoms with Gasteiger partial charge in [0.05, 0.1) is 16.1 Å². The summed E-state index contributed by atoms with van der Waals surface area (Å²) in [5.41, 5.74) is -0.507. The maximum Gasteiger partial charge on any atom is 0.335 e. The van der Waals surface area contributed by atoms with E-state index in [2.05, 4.69) is 0 Å². The molecule has 0 heterocycles. The number of hydrogen-bond donors (Lipinski definition) is 2. The second kappa shape index (κ2) is 5.71. The highest BCUT2D eigenvalue weighted by Gasteiger charge is 2.18. The molecule has 0 saturated carbocycles. The lowest BCUT2D eigenvalue weighted by atomic mass is 10.2. The molecule has 0 aliphatic heterocycles. The van der Waals surface area contributed by atoms with E-state index in [0.29, 0.717) is 0 Å². The molecule has 0 saturated heterocycles. The molecule has 2 rings (SSSR count). The van der Waals surface area contributed by atoms with Gasteiger partial charge in [-0.15, -0.1) is 0 Å². The van der Waals surface area contributed by atoms with Crippen LogP contribution in [0.4, 0.5) is 10.1 Å². The third kappa shape index (κ3) is 3.50. The van der Waals surface area contributed by atoms with Crippen molar-refractivity contribution in [3.8, 4) is 0 Å². The minimum Gasteiger partial charge on any atom is -0.478 e. The van der Waals surface area contributed by atoms with Crippen LogP contribution in [0.3, 0.4) is 0 Å². The highest BCUT2D eigenvalue weighted by molar-refractivity contribution is 7.92. The zero-order chi connectivity index (χ0) is 15.6. The van der Waals surface area contributed by atoms with E-state index in [1.54, 1.807) is 0 Å². The Bertz CT molecular complexity index is 808. The van der Waals surface area contributed by atoms with E-state index in [-0.39, 0.29) is 21.2 Å². The zero-order valence-corrected chi connectivity index (χ0v) is 12.0. The lowest BCUT2D eigenvalue weighted by molar-refractivity contribution is 0.0696. The molecule has 0 atom stereocenters. The summed E-state index contributed by atoms with van der Waals surface area (Å²) in [5, 5.41) is 9.01. The van der Waals surface area contributed by atoms with Crippen LogP contribution in [0.25, 0.3) is 0 Å². The molecule has 0 aliphatic rings. The average Bonchev–Trinajstić information content (AvgIpc) is 2.43. The highest BCUT2D eigenvalue weighted by atomic mass is 35.5. The summed E-state index contributed by atoms with van der Waals surface area (Å²) in [6.07, 6.45) is 0. The summed E-state index contributed by atoms with van der Waals surface area (Å²) in [6, 6.07) is 8.14. The molecule has 2 aromatic carbocycles. The van der Waals surface area contributed by atoms with Gasteiger partial charge in [-0.05, 0) is 36.4 Å². The second-order valence-corrected chi connectivity index (χ2v) is 6.18. The SMILES string of the molecule is O=C(O)c1cccc(S(=O)(=O)Nc2cc(Cl)ccc2F)c1. The third-order valence-corrected chi connectivity index (χ3v) is 4.16. The van der Waals surface area contributed by atoms with Gasteiger partial charge in [-0.1, -0.05) is 17.7 Å². The molecule has 2 N–H and O–H groups in total. The summed E-state index contributed by atoms with van der Waals surface area (Å²) < 4.78 is 39.8. The number of nitrogens with one attached hydrogen (secondary N) is 1. The minimum absolute atomic E-state index is 0.161. The Morgan fingerprint density at radius 2 is 1.90 bits per heavy atom. The first-order valence-electron chi connectivity index (χ1n) is 5.61. The van der Waals surface area contributed by atoms with Crippen molar-refractivity contribution in [3.63, 3.8) is 0 Å². The maximum absolute atomic E-state index is 13.5. The van der Waals surface area contributed by atoms with Crippen LogP contribution in [0.5, 0.6) is 0 Å². The summed E-state index contributed by atoms with van der Waals surface area (Å²) in [6.45, 7) is 0. The maximum atomic E-state index is 13.5. The van der Waals surface area contributed by atoms with Crippen molar-refractivity contribution in [3.05, 3.63) is 58.9 Å². The van der Waals surface area contributed by atoms with Gasteiger partial charge >= 0.3 is 5.97 Å². The molecular formula is C13H9ClFNO4S. The van der Waals surface area contributed by atoms with E-state index in [9.17, 15) is 17.6 Å². The first-order valence-corrected chi connectivity index (χ1v) is 7.47. The number of sulfonamides is 1. The smallest absolute Gasteiger partial charge is 0.335 e. The van der Waals surface area contributed by atoms with Crippen LogP contribution < -0.4 is 4.72 Å². The van der Waals surface area contributed by atoms with Gasteiger partial charge in [0.1, 0.15) is 5.82 Å². The number of carbonyl (C=O) groups is 1. The molecule has 5 nitrogen and oxygen atoms in total. The molecule has 0 spiro atoms. The molecule has 0 unspecified atom stereocenters. The molecule has 0 radical (unpaired) electrons. The van der Waals surface area contributed by atoms with Crippen LogP contribution in [0.2, 0.25) is 5.02 Å². The number of benzene rings is 2. The van der Waals surface area contributed by atoms with Gasteiger partial charge in [-0.2, -0.15) is 0 Å². The van der Waals surface area contributed by atoms with Crippen molar-refractivity contribution in [2.75, 3.05) is 4.72 Å². The number of carboxylic acids is 1. The Morgan fingerprint density at radius 1 is 1.19 bits per heavy atom. The van der Waals surface area contributed by atoms with Crippen LogP contribution in [0, 0.1) is 5.82 Å². The van der Waals surface area contributed by atoms with Crippen LogP contribution >= 0.6 is 11.6 Å².